The van der Waals surface area contributed by atoms with E-state index in [0.717, 1.165) is 12.0 Å². The molecule has 0 aliphatic carbocycles. The van der Waals surface area contributed by atoms with E-state index in [1.807, 2.05) is 19.1 Å². The van der Waals surface area contributed by atoms with Crippen molar-refractivity contribution in [3.05, 3.63) is 35.4 Å². The first-order valence-corrected chi connectivity index (χ1v) is 5.75. The molecule has 0 aromatic heterocycles. The van der Waals surface area contributed by atoms with Crippen molar-refractivity contribution in [1.82, 2.24) is 0 Å². The lowest BCUT2D eigenvalue weighted by Crippen LogP contribution is -2.31. The topological polar surface area (TPSA) is 52.3 Å². The molecule has 2 N–H and O–H groups in total. The van der Waals surface area contributed by atoms with E-state index in [2.05, 4.69) is 4.74 Å². The Morgan fingerprint density at radius 1 is 1.35 bits per heavy atom. The molecule has 1 aromatic rings. The maximum Gasteiger partial charge on any atom is 0.342 e. The highest BCUT2D eigenvalue weighted by atomic mass is 19.1. The third kappa shape index (κ3) is 3.53. The first-order valence-electron chi connectivity index (χ1n) is 5.75. The van der Waals surface area contributed by atoms with Gasteiger partial charge in [-0.3, -0.25) is 0 Å². The van der Waals surface area contributed by atoms with Gasteiger partial charge in [-0.2, -0.15) is 0 Å². The average Bonchev–Trinajstić information content (AvgIpc) is 2.37. The third-order valence-corrected chi connectivity index (χ3v) is 2.60. The number of halogens is 1. The predicted octanol–water partition coefficient (Wildman–Crippen LogP) is 2.15. The summed E-state index contributed by atoms with van der Waals surface area (Å²) < 4.78 is 18.2. The fourth-order valence-electron chi connectivity index (χ4n) is 1.51. The average molecular weight is 239 g/mol. The van der Waals surface area contributed by atoms with Gasteiger partial charge in [0.05, 0.1) is 12.6 Å². The van der Waals surface area contributed by atoms with Gasteiger partial charge in [0.25, 0.3) is 0 Å². The number of alkyl halides is 1. The zero-order valence-electron chi connectivity index (χ0n) is 10.2. The minimum atomic E-state index is -1.82. The summed E-state index contributed by atoms with van der Waals surface area (Å²) in [5.74, 6) is -0.903. The second-order valence-electron chi connectivity index (χ2n) is 3.77. The fraction of sp³-hybridized carbons (Fsp3) is 0.462. The molecule has 0 spiro atoms. The third-order valence-electron chi connectivity index (χ3n) is 2.60. The van der Waals surface area contributed by atoms with E-state index >= 15 is 0 Å². The van der Waals surface area contributed by atoms with Crippen LogP contribution >= 0.6 is 0 Å². The Hall–Kier alpha value is -1.42. The lowest BCUT2D eigenvalue weighted by atomic mass is 10.0. The molecule has 1 unspecified atom stereocenters. The summed E-state index contributed by atoms with van der Waals surface area (Å²) in [5, 5.41) is 0. The molecule has 0 aliphatic heterocycles. The second-order valence-corrected chi connectivity index (χ2v) is 3.77. The molecule has 0 aliphatic rings. The lowest BCUT2D eigenvalue weighted by molar-refractivity contribution is -0.149. The van der Waals surface area contributed by atoms with Crippen LogP contribution in [0.15, 0.2) is 24.3 Å². The Bertz CT molecular complexity index is 364. The van der Waals surface area contributed by atoms with Crippen LogP contribution in [-0.2, 0) is 16.0 Å². The van der Waals surface area contributed by atoms with E-state index in [1.54, 1.807) is 19.1 Å². The van der Waals surface area contributed by atoms with E-state index < -0.39 is 18.2 Å². The Kier molecular flexibility index (Phi) is 5.10. The highest BCUT2D eigenvalue weighted by Crippen LogP contribution is 2.18. The molecule has 0 fully saturated rings. The number of hydrogen-bond acceptors (Lipinski definition) is 3. The molecule has 0 saturated carbocycles. The zero-order chi connectivity index (χ0) is 12.8. The molecule has 1 rings (SSSR count). The number of hydrogen-bond donors (Lipinski definition) is 1. The largest absolute Gasteiger partial charge is 0.464 e. The van der Waals surface area contributed by atoms with Gasteiger partial charge < -0.3 is 10.5 Å². The first-order chi connectivity index (χ1) is 8.10. The van der Waals surface area contributed by atoms with Gasteiger partial charge in [0, 0.05) is 0 Å². The van der Waals surface area contributed by atoms with Crippen molar-refractivity contribution in [2.45, 2.75) is 32.5 Å². The van der Waals surface area contributed by atoms with Gasteiger partial charge in [-0.25, -0.2) is 9.18 Å². The van der Waals surface area contributed by atoms with Gasteiger partial charge in [0.1, 0.15) is 0 Å². The molecule has 0 heterocycles. The number of benzene rings is 1. The van der Waals surface area contributed by atoms with Gasteiger partial charge in [-0.15, -0.1) is 0 Å². The molecule has 0 saturated heterocycles. The molecular formula is C13H18FNO2. The zero-order valence-corrected chi connectivity index (χ0v) is 10.2. The van der Waals surface area contributed by atoms with Crippen molar-refractivity contribution in [3.8, 4) is 0 Å². The van der Waals surface area contributed by atoms with Crippen LogP contribution in [0.2, 0.25) is 0 Å². The van der Waals surface area contributed by atoms with Crippen molar-refractivity contribution >= 4 is 5.97 Å². The normalized spacial score (nSPS) is 14.1. The highest BCUT2D eigenvalue weighted by Gasteiger charge is 2.27. The first kappa shape index (κ1) is 13.6. The van der Waals surface area contributed by atoms with Crippen molar-refractivity contribution in [3.63, 3.8) is 0 Å². The molecule has 0 bridgehead atoms. The Balaban J connectivity index is 2.73. The summed E-state index contributed by atoms with van der Waals surface area (Å²) in [5.41, 5.74) is 7.43. The Morgan fingerprint density at radius 2 is 1.94 bits per heavy atom. The SMILES string of the molecule is CCOC(=O)C(F)[C@@H](N)c1ccc(CC)cc1. The Labute approximate surface area is 101 Å². The van der Waals surface area contributed by atoms with Crippen molar-refractivity contribution < 1.29 is 13.9 Å². The van der Waals surface area contributed by atoms with Crippen LogP contribution in [0.1, 0.15) is 31.0 Å². The quantitative estimate of drug-likeness (QED) is 0.801. The van der Waals surface area contributed by atoms with Crippen LogP contribution in [0.25, 0.3) is 0 Å². The number of carbonyl (C=O) groups excluding carboxylic acids is 1. The number of aryl methyl sites for hydroxylation is 1. The van der Waals surface area contributed by atoms with Gasteiger partial charge in [0.15, 0.2) is 0 Å². The molecule has 1 aromatic carbocycles. The van der Waals surface area contributed by atoms with Crippen LogP contribution < -0.4 is 5.73 Å². The minimum Gasteiger partial charge on any atom is -0.464 e. The molecule has 94 valence electrons. The van der Waals surface area contributed by atoms with Gasteiger partial charge in [0.2, 0.25) is 6.17 Å². The molecule has 4 heteroatoms. The van der Waals surface area contributed by atoms with Crippen LogP contribution in [0, 0.1) is 0 Å². The molecular weight excluding hydrogens is 221 g/mol. The second kappa shape index (κ2) is 6.35. The number of rotatable bonds is 5. The minimum absolute atomic E-state index is 0.154. The molecule has 0 radical (unpaired) electrons. The van der Waals surface area contributed by atoms with E-state index in [0.29, 0.717) is 5.56 Å². The van der Waals surface area contributed by atoms with Crippen LogP contribution in [0.3, 0.4) is 0 Å². The number of nitrogens with two attached hydrogens (primary N) is 1. The fourth-order valence-corrected chi connectivity index (χ4v) is 1.51. The highest BCUT2D eigenvalue weighted by molar-refractivity contribution is 5.75. The predicted molar refractivity (Wildman–Crippen MR) is 64.3 cm³/mol. The summed E-state index contributed by atoms with van der Waals surface area (Å²) in [7, 11) is 0. The summed E-state index contributed by atoms with van der Waals surface area (Å²) >= 11 is 0. The maximum absolute atomic E-state index is 13.6. The summed E-state index contributed by atoms with van der Waals surface area (Å²) in [6, 6.07) is 6.28. The summed E-state index contributed by atoms with van der Waals surface area (Å²) in [6.07, 6.45) is -0.908. The molecule has 17 heavy (non-hydrogen) atoms. The van der Waals surface area contributed by atoms with Crippen molar-refractivity contribution in [2.24, 2.45) is 5.73 Å². The monoisotopic (exact) mass is 239 g/mol. The molecule has 2 atom stereocenters. The van der Waals surface area contributed by atoms with E-state index in [1.165, 1.54) is 0 Å². The lowest BCUT2D eigenvalue weighted by Gasteiger charge is -2.16. The molecule has 0 amide bonds. The number of ether oxygens (including phenoxy) is 1. The van der Waals surface area contributed by atoms with E-state index in [4.69, 9.17) is 5.73 Å². The van der Waals surface area contributed by atoms with Gasteiger partial charge in [-0.05, 0) is 24.5 Å². The molecule has 3 nitrogen and oxygen atoms in total. The van der Waals surface area contributed by atoms with Gasteiger partial charge >= 0.3 is 5.97 Å². The van der Waals surface area contributed by atoms with Crippen LogP contribution in [-0.4, -0.2) is 18.7 Å². The number of esters is 1. The van der Waals surface area contributed by atoms with E-state index in [-0.39, 0.29) is 6.61 Å². The maximum atomic E-state index is 13.6. The van der Waals surface area contributed by atoms with E-state index in [9.17, 15) is 9.18 Å². The van der Waals surface area contributed by atoms with Crippen molar-refractivity contribution in [1.29, 1.82) is 0 Å². The van der Waals surface area contributed by atoms with Crippen LogP contribution in [0.4, 0.5) is 4.39 Å². The standard InChI is InChI=1S/C13H18FNO2/c1-3-9-5-7-10(8-6-9)12(15)11(14)13(16)17-4-2/h5-8,11-12H,3-4,15H2,1-2H3/t11?,12-/m0/s1. The Morgan fingerprint density at radius 3 is 2.41 bits per heavy atom. The van der Waals surface area contributed by atoms with Crippen molar-refractivity contribution in [2.75, 3.05) is 6.61 Å². The number of carbonyl (C=O) groups is 1. The summed E-state index contributed by atoms with van der Waals surface area (Å²) in [4.78, 5) is 11.2. The van der Waals surface area contributed by atoms with Crippen LogP contribution in [0.5, 0.6) is 0 Å². The summed E-state index contributed by atoms with van der Waals surface area (Å²) in [6.45, 7) is 3.82. The smallest absolute Gasteiger partial charge is 0.342 e. The van der Waals surface area contributed by atoms with Gasteiger partial charge in [-0.1, -0.05) is 31.2 Å².